The van der Waals surface area contributed by atoms with Gasteiger partial charge in [-0.25, -0.2) is 0 Å². The molecule has 1 aromatic heterocycles. The Balaban J connectivity index is 1.95. The molecule has 1 fully saturated rings. The topological polar surface area (TPSA) is 77.8 Å². The summed E-state index contributed by atoms with van der Waals surface area (Å²) in [6, 6.07) is 14.5. The van der Waals surface area contributed by atoms with Crippen LogP contribution in [0.4, 0.5) is 5.69 Å². The highest BCUT2D eigenvalue weighted by Gasteiger charge is 2.48. The van der Waals surface area contributed by atoms with Crippen molar-refractivity contribution in [3.8, 4) is 5.75 Å². The number of phenolic OH excluding ortho intramolecular Hbond substituents is 1. The fourth-order valence-corrected chi connectivity index (χ4v) is 4.47. The van der Waals surface area contributed by atoms with Crippen LogP contribution in [0.25, 0.3) is 5.76 Å². The number of halogens is 1. The molecular formula is C22H16BrNO4S. The second-order valence-electron chi connectivity index (χ2n) is 6.68. The lowest BCUT2D eigenvalue weighted by atomic mass is 9.99. The minimum Gasteiger partial charge on any atom is -0.507 e. The van der Waals surface area contributed by atoms with Crippen molar-refractivity contribution in [2.24, 2.45) is 0 Å². The Hall–Kier alpha value is -2.90. The highest BCUT2D eigenvalue weighted by atomic mass is 79.9. The summed E-state index contributed by atoms with van der Waals surface area (Å²) in [6.45, 7) is 1.83. The highest BCUT2D eigenvalue weighted by Crippen LogP contribution is 2.46. The lowest BCUT2D eigenvalue weighted by molar-refractivity contribution is -0.132. The molecule has 0 aliphatic carbocycles. The SMILES string of the molecule is Cc1ccc(O)c(N2C(=O)C(=O)/C(=C(\O)c3ccc(Br)cc3)C2c2cccs2)c1. The number of hydrogen-bond acceptors (Lipinski definition) is 5. The summed E-state index contributed by atoms with van der Waals surface area (Å²) < 4.78 is 0.828. The molecule has 2 aromatic carbocycles. The predicted molar refractivity (Wildman–Crippen MR) is 116 cm³/mol. The summed E-state index contributed by atoms with van der Waals surface area (Å²) in [5.74, 6) is -1.93. The molecule has 1 saturated heterocycles. The van der Waals surface area contributed by atoms with Crippen molar-refractivity contribution in [2.45, 2.75) is 13.0 Å². The minimum absolute atomic E-state index is 0.000628. The molecule has 29 heavy (non-hydrogen) atoms. The molecule has 1 aliphatic heterocycles. The minimum atomic E-state index is -0.827. The zero-order valence-corrected chi connectivity index (χ0v) is 17.7. The molecular weight excluding hydrogens is 454 g/mol. The number of carbonyl (C=O) groups excluding carboxylic acids is 2. The summed E-state index contributed by atoms with van der Waals surface area (Å²) in [6.07, 6.45) is 0. The molecule has 4 rings (SSSR count). The number of rotatable bonds is 3. The number of Topliss-reactive ketones (excluding diaryl/α,β-unsaturated/α-hetero) is 1. The number of ketones is 1. The molecule has 1 aliphatic rings. The quantitative estimate of drug-likeness (QED) is 0.315. The van der Waals surface area contributed by atoms with Crippen LogP contribution in [0.15, 0.2) is 70.0 Å². The van der Waals surface area contributed by atoms with Gasteiger partial charge in [0.2, 0.25) is 0 Å². The monoisotopic (exact) mass is 469 g/mol. The first-order chi connectivity index (χ1) is 13.9. The van der Waals surface area contributed by atoms with Crippen LogP contribution in [0.1, 0.15) is 22.0 Å². The van der Waals surface area contributed by atoms with Crippen molar-refractivity contribution in [2.75, 3.05) is 4.90 Å². The Labute approximate surface area is 179 Å². The predicted octanol–water partition coefficient (Wildman–Crippen LogP) is 5.15. The van der Waals surface area contributed by atoms with E-state index in [1.807, 2.05) is 18.4 Å². The number of hydrogen-bond donors (Lipinski definition) is 2. The zero-order chi connectivity index (χ0) is 20.7. The second-order valence-corrected chi connectivity index (χ2v) is 8.58. The van der Waals surface area contributed by atoms with Crippen molar-refractivity contribution in [3.63, 3.8) is 0 Å². The van der Waals surface area contributed by atoms with E-state index in [9.17, 15) is 19.8 Å². The van der Waals surface area contributed by atoms with Gasteiger partial charge in [0, 0.05) is 14.9 Å². The number of phenols is 1. The molecule has 146 valence electrons. The number of thiophene rings is 1. The van der Waals surface area contributed by atoms with Crippen LogP contribution in [0.5, 0.6) is 5.75 Å². The van der Waals surface area contributed by atoms with Gasteiger partial charge in [0.25, 0.3) is 11.7 Å². The number of aryl methyl sites for hydroxylation is 1. The highest BCUT2D eigenvalue weighted by molar-refractivity contribution is 9.10. The summed E-state index contributed by atoms with van der Waals surface area (Å²) in [5, 5.41) is 23.2. The number of anilines is 1. The van der Waals surface area contributed by atoms with Crippen LogP contribution < -0.4 is 4.90 Å². The first kappa shape index (κ1) is 19.4. The first-order valence-corrected chi connectivity index (χ1v) is 10.5. The Morgan fingerprint density at radius 1 is 1.10 bits per heavy atom. The average Bonchev–Trinajstić information content (AvgIpc) is 3.31. The van der Waals surface area contributed by atoms with E-state index >= 15 is 0 Å². The molecule has 5 nitrogen and oxygen atoms in total. The third-order valence-corrected chi connectivity index (χ3v) is 6.22. The van der Waals surface area contributed by atoms with Crippen molar-refractivity contribution < 1.29 is 19.8 Å². The Morgan fingerprint density at radius 3 is 2.48 bits per heavy atom. The number of amides is 1. The molecule has 1 amide bonds. The number of aromatic hydroxyl groups is 1. The molecule has 0 bridgehead atoms. The third kappa shape index (κ3) is 3.36. The number of carbonyl (C=O) groups is 2. The van der Waals surface area contributed by atoms with E-state index in [2.05, 4.69) is 15.9 Å². The molecule has 0 spiro atoms. The van der Waals surface area contributed by atoms with Crippen molar-refractivity contribution >= 4 is 50.4 Å². The summed E-state index contributed by atoms with van der Waals surface area (Å²) in [4.78, 5) is 27.9. The number of aliphatic hydroxyl groups excluding tert-OH is 1. The van der Waals surface area contributed by atoms with Gasteiger partial charge >= 0.3 is 0 Å². The largest absolute Gasteiger partial charge is 0.507 e. The van der Waals surface area contributed by atoms with Crippen LogP contribution in [0.3, 0.4) is 0 Å². The lowest BCUT2D eigenvalue weighted by Gasteiger charge is -2.25. The number of aliphatic hydroxyl groups is 1. The maximum Gasteiger partial charge on any atom is 0.300 e. The summed E-state index contributed by atoms with van der Waals surface area (Å²) in [7, 11) is 0. The van der Waals surface area contributed by atoms with E-state index in [4.69, 9.17) is 0 Å². The van der Waals surface area contributed by atoms with Gasteiger partial charge in [0.1, 0.15) is 17.6 Å². The molecule has 0 radical (unpaired) electrons. The summed E-state index contributed by atoms with van der Waals surface area (Å²) >= 11 is 4.72. The summed E-state index contributed by atoms with van der Waals surface area (Å²) in [5.41, 5.74) is 1.50. The zero-order valence-electron chi connectivity index (χ0n) is 15.3. The molecule has 3 aromatic rings. The van der Waals surface area contributed by atoms with E-state index in [0.29, 0.717) is 10.4 Å². The van der Waals surface area contributed by atoms with Gasteiger partial charge in [-0.05, 0) is 48.2 Å². The molecule has 1 unspecified atom stereocenters. The van der Waals surface area contributed by atoms with E-state index in [-0.39, 0.29) is 22.8 Å². The molecule has 0 saturated carbocycles. The van der Waals surface area contributed by atoms with Crippen molar-refractivity contribution in [1.29, 1.82) is 0 Å². The van der Waals surface area contributed by atoms with E-state index < -0.39 is 17.7 Å². The normalized spacial score (nSPS) is 18.4. The van der Waals surface area contributed by atoms with Gasteiger partial charge in [-0.1, -0.05) is 40.2 Å². The Bertz CT molecular complexity index is 1140. The third-order valence-electron chi connectivity index (χ3n) is 4.77. The number of benzene rings is 2. The average molecular weight is 470 g/mol. The fourth-order valence-electron chi connectivity index (χ4n) is 3.39. The number of nitrogens with zero attached hydrogens (tertiary/aromatic N) is 1. The van der Waals surface area contributed by atoms with Crippen LogP contribution >= 0.6 is 27.3 Å². The fraction of sp³-hybridized carbons (Fsp3) is 0.0909. The molecule has 2 heterocycles. The van der Waals surface area contributed by atoms with Gasteiger partial charge in [-0.2, -0.15) is 0 Å². The van der Waals surface area contributed by atoms with E-state index in [1.54, 1.807) is 42.5 Å². The van der Waals surface area contributed by atoms with E-state index in [0.717, 1.165) is 10.0 Å². The first-order valence-electron chi connectivity index (χ1n) is 8.78. The second kappa shape index (κ2) is 7.50. The van der Waals surface area contributed by atoms with Crippen LogP contribution in [0.2, 0.25) is 0 Å². The smallest absolute Gasteiger partial charge is 0.300 e. The molecule has 2 N–H and O–H groups in total. The lowest BCUT2D eigenvalue weighted by Crippen LogP contribution is -2.29. The Kier molecular flexibility index (Phi) is 5.02. The van der Waals surface area contributed by atoms with Crippen molar-refractivity contribution in [3.05, 3.63) is 86.0 Å². The Morgan fingerprint density at radius 2 is 1.83 bits per heavy atom. The van der Waals surface area contributed by atoms with Crippen LogP contribution in [-0.2, 0) is 9.59 Å². The maximum absolute atomic E-state index is 13.0. The van der Waals surface area contributed by atoms with Crippen molar-refractivity contribution in [1.82, 2.24) is 0 Å². The van der Waals surface area contributed by atoms with Crippen LogP contribution in [-0.4, -0.2) is 21.9 Å². The maximum atomic E-state index is 13.0. The van der Waals surface area contributed by atoms with Gasteiger partial charge in [0.15, 0.2) is 0 Å². The van der Waals surface area contributed by atoms with E-state index in [1.165, 1.54) is 22.3 Å². The van der Waals surface area contributed by atoms with Crippen LogP contribution in [0, 0.1) is 6.92 Å². The molecule has 1 atom stereocenters. The van der Waals surface area contributed by atoms with Gasteiger partial charge in [0.05, 0.1) is 11.3 Å². The standard InChI is InChI=1S/C22H16BrNO4S/c1-12-4-9-16(25)15(11-12)24-19(17-3-2-10-29-17)18(21(27)22(24)28)20(26)13-5-7-14(23)8-6-13/h2-11,19,25-26H,1H3/b20-18-. The molecule has 7 heteroatoms. The van der Waals surface area contributed by atoms with Gasteiger partial charge in [-0.15, -0.1) is 11.3 Å². The van der Waals surface area contributed by atoms with Gasteiger partial charge in [-0.3, -0.25) is 14.5 Å². The van der Waals surface area contributed by atoms with Gasteiger partial charge < -0.3 is 10.2 Å².